The Hall–Kier alpha value is -3.50. The molecular formula is C16H20N8O3. The number of carbonyl (C=O) groups is 1. The van der Waals surface area contributed by atoms with Crippen molar-refractivity contribution in [3.05, 3.63) is 36.3 Å². The smallest absolute Gasteiger partial charge is 0.322 e. The number of urea groups is 1. The highest BCUT2D eigenvalue weighted by molar-refractivity contribution is 5.89. The van der Waals surface area contributed by atoms with Crippen LogP contribution in [0.15, 0.2) is 28.9 Å². The summed E-state index contributed by atoms with van der Waals surface area (Å²) in [5.41, 5.74) is 1.20. The van der Waals surface area contributed by atoms with Gasteiger partial charge in [0.25, 0.3) is 0 Å². The number of amides is 2. The molecule has 11 heteroatoms. The number of hydrogen-bond acceptors (Lipinski definition) is 8. The van der Waals surface area contributed by atoms with E-state index in [1.807, 2.05) is 13.8 Å². The predicted octanol–water partition coefficient (Wildman–Crippen LogP) is 1.67. The molecule has 2 heterocycles. The number of aryl methyl sites for hydroxylation is 1. The Bertz CT molecular complexity index is 893. The first kappa shape index (κ1) is 18.3. The topological polar surface area (TPSA) is 124 Å². The Morgan fingerprint density at radius 1 is 1.26 bits per heavy atom. The van der Waals surface area contributed by atoms with Crippen molar-refractivity contribution in [2.24, 2.45) is 0 Å². The minimum absolute atomic E-state index is 0.221. The van der Waals surface area contributed by atoms with Crippen molar-refractivity contribution < 1.29 is 13.9 Å². The fraction of sp³-hybridized carbons (Fsp3) is 0.375. The van der Waals surface area contributed by atoms with E-state index in [-0.39, 0.29) is 12.6 Å². The lowest BCUT2D eigenvalue weighted by Gasteiger charge is -2.20. The molecule has 142 valence electrons. The molecule has 0 spiro atoms. The van der Waals surface area contributed by atoms with Crippen LogP contribution in [-0.2, 0) is 13.0 Å². The van der Waals surface area contributed by atoms with Gasteiger partial charge in [0, 0.05) is 30.8 Å². The van der Waals surface area contributed by atoms with Gasteiger partial charge in [-0.1, -0.05) is 6.92 Å². The molecule has 0 radical (unpaired) electrons. The van der Waals surface area contributed by atoms with Gasteiger partial charge < -0.3 is 19.4 Å². The number of methoxy groups -OCH3 is 1. The first-order valence-electron chi connectivity index (χ1n) is 8.42. The molecule has 2 amide bonds. The maximum atomic E-state index is 12.7. The second kappa shape index (κ2) is 8.25. The van der Waals surface area contributed by atoms with Gasteiger partial charge in [0.05, 0.1) is 12.8 Å². The second-order valence-corrected chi connectivity index (χ2v) is 5.56. The average Bonchev–Trinajstić information content (AvgIpc) is 3.37. The largest absolute Gasteiger partial charge is 0.497 e. The summed E-state index contributed by atoms with van der Waals surface area (Å²) in [6.07, 6.45) is 2.11. The van der Waals surface area contributed by atoms with Crippen LogP contribution in [0.1, 0.15) is 25.6 Å². The second-order valence-electron chi connectivity index (χ2n) is 5.56. The summed E-state index contributed by atoms with van der Waals surface area (Å²) < 4.78 is 12.2. The van der Waals surface area contributed by atoms with E-state index in [9.17, 15) is 4.79 Å². The molecule has 3 rings (SSSR count). The monoisotopic (exact) mass is 372 g/mol. The molecular weight excluding hydrogens is 352 g/mol. The standard InChI is InChI=1S/C16H20N8O3/c1-4-14-19-20-15(27-14)9-23(5-2)16(25)18-11-6-12(8-13(7-11)26-3)24-10-17-21-22-24/h6-8,10H,4-5,9H2,1-3H3,(H,18,25). The number of tetrazole rings is 1. The van der Waals surface area contributed by atoms with Gasteiger partial charge in [-0.2, -0.15) is 0 Å². The van der Waals surface area contributed by atoms with E-state index in [2.05, 4.69) is 31.0 Å². The summed E-state index contributed by atoms with van der Waals surface area (Å²) in [4.78, 5) is 14.2. The number of hydrogen-bond donors (Lipinski definition) is 1. The lowest BCUT2D eigenvalue weighted by molar-refractivity contribution is 0.205. The van der Waals surface area contributed by atoms with Gasteiger partial charge in [0.2, 0.25) is 11.8 Å². The third kappa shape index (κ3) is 4.37. The molecule has 3 aromatic rings. The summed E-state index contributed by atoms with van der Waals surface area (Å²) in [5, 5.41) is 21.8. The fourth-order valence-electron chi connectivity index (χ4n) is 2.37. The van der Waals surface area contributed by atoms with Crippen LogP contribution in [0.5, 0.6) is 5.75 Å². The number of ether oxygens (including phenoxy) is 1. The van der Waals surface area contributed by atoms with Crippen molar-refractivity contribution in [1.29, 1.82) is 0 Å². The summed E-state index contributed by atoms with van der Waals surface area (Å²) >= 11 is 0. The molecule has 0 saturated heterocycles. The number of nitrogens with one attached hydrogen (secondary N) is 1. The van der Waals surface area contributed by atoms with Gasteiger partial charge in [0.15, 0.2) is 0 Å². The van der Waals surface area contributed by atoms with E-state index in [0.29, 0.717) is 41.9 Å². The quantitative estimate of drug-likeness (QED) is 0.664. The van der Waals surface area contributed by atoms with Crippen molar-refractivity contribution in [2.45, 2.75) is 26.8 Å². The molecule has 2 aromatic heterocycles. The van der Waals surface area contributed by atoms with Crippen molar-refractivity contribution in [3.63, 3.8) is 0 Å². The Balaban J connectivity index is 1.76. The van der Waals surface area contributed by atoms with Crippen molar-refractivity contribution in [1.82, 2.24) is 35.3 Å². The highest BCUT2D eigenvalue weighted by Gasteiger charge is 2.17. The van der Waals surface area contributed by atoms with Gasteiger partial charge in [0.1, 0.15) is 18.6 Å². The van der Waals surface area contributed by atoms with E-state index < -0.39 is 0 Å². The highest BCUT2D eigenvalue weighted by Crippen LogP contribution is 2.23. The molecule has 0 unspecified atom stereocenters. The van der Waals surface area contributed by atoms with E-state index in [1.54, 1.807) is 30.2 Å². The summed E-state index contributed by atoms with van der Waals surface area (Å²) in [6, 6.07) is 4.91. The van der Waals surface area contributed by atoms with Crippen LogP contribution >= 0.6 is 0 Å². The van der Waals surface area contributed by atoms with E-state index >= 15 is 0 Å². The molecule has 1 N–H and O–H groups in total. The van der Waals surface area contributed by atoms with Crippen LogP contribution in [0.2, 0.25) is 0 Å². The molecule has 0 saturated carbocycles. The number of anilines is 1. The molecule has 11 nitrogen and oxygen atoms in total. The van der Waals surface area contributed by atoms with Crippen LogP contribution in [0.25, 0.3) is 5.69 Å². The number of rotatable bonds is 7. The van der Waals surface area contributed by atoms with Crippen LogP contribution < -0.4 is 10.1 Å². The van der Waals surface area contributed by atoms with E-state index in [0.717, 1.165) is 0 Å². The molecule has 0 atom stereocenters. The lowest BCUT2D eigenvalue weighted by atomic mass is 10.2. The van der Waals surface area contributed by atoms with Gasteiger partial charge in [-0.05, 0) is 23.4 Å². The summed E-state index contributed by atoms with van der Waals surface area (Å²) in [7, 11) is 1.55. The molecule has 0 aliphatic heterocycles. The van der Waals surface area contributed by atoms with Crippen molar-refractivity contribution in [2.75, 3.05) is 19.0 Å². The number of benzene rings is 1. The Morgan fingerprint density at radius 3 is 2.70 bits per heavy atom. The van der Waals surface area contributed by atoms with E-state index in [1.165, 1.54) is 11.0 Å². The normalized spacial score (nSPS) is 10.6. The molecule has 1 aromatic carbocycles. The maximum absolute atomic E-state index is 12.7. The Morgan fingerprint density at radius 2 is 2.07 bits per heavy atom. The van der Waals surface area contributed by atoms with Gasteiger partial charge in [-0.3, -0.25) is 0 Å². The van der Waals surface area contributed by atoms with Gasteiger partial charge in [-0.25, -0.2) is 9.48 Å². The predicted molar refractivity (Wildman–Crippen MR) is 94.5 cm³/mol. The number of carbonyl (C=O) groups excluding carboxylic acids is 1. The fourth-order valence-corrected chi connectivity index (χ4v) is 2.37. The third-order valence-corrected chi connectivity index (χ3v) is 3.80. The maximum Gasteiger partial charge on any atom is 0.322 e. The minimum Gasteiger partial charge on any atom is -0.497 e. The minimum atomic E-state index is -0.301. The molecule has 0 bridgehead atoms. The zero-order chi connectivity index (χ0) is 19.2. The van der Waals surface area contributed by atoms with Gasteiger partial charge >= 0.3 is 6.03 Å². The van der Waals surface area contributed by atoms with Crippen LogP contribution in [0, 0.1) is 0 Å². The summed E-state index contributed by atoms with van der Waals surface area (Å²) in [6.45, 7) is 4.49. The molecule has 0 fully saturated rings. The summed E-state index contributed by atoms with van der Waals surface area (Å²) in [5.74, 6) is 1.50. The van der Waals surface area contributed by atoms with Crippen molar-refractivity contribution in [3.8, 4) is 11.4 Å². The van der Waals surface area contributed by atoms with Crippen LogP contribution in [0.4, 0.5) is 10.5 Å². The first-order valence-corrected chi connectivity index (χ1v) is 8.42. The number of aromatic nitrogens is 6. The number of nitrogens with zero attached hydrogens (tertiary/aromatic N) is 7. The lowest BCUT2D eigenvalue weighted by Crippen LogP contribution is -2.34. The first-order chi connectivity index (χ1) is 13.1. The van der Waals surface area contributed by atoms with Crippen LogP contribution in [0.3, 0.4) is 0 Å². The molecule has 0 aliphatic carbocycles. The molecule has 27 heavy (non-hydrogen) atoms. The van der Waals surface area contributed by atoms with Gasteiger partial charge in [-0.15, -0.1) is 15.3 Å². The highest BCUT2D eigenvalue weighted by atomic mass is 16.5. The van der Waals surface area contributed by atoms with Crippen molar-refractivity contribution >= 4 is 11.7 Å². The van der Waals surface area contributed by atoms with Crippen LogP contribution in [-0.4, -0.2) is 55.0 Å². The molecule has 0 aliphatic rings. The zero-order valence-corrected chi connectivity index (χ0v) is 15.3. The zero-order valence-electron chi connectivity index (χ0n) is 15.3. The Labute approximate surface area is 155 Å². The van der Waals surface area contributed by atoms with E-state index in [4.69, 9.17) is 9.15 Å². The average molecular weight is 372 g/mol. The Kier molecular flexibility index (Phi) is 5.59. The third-order valence-electron chi connectivity index (χ3n) is 3.80. The SMILES string of the molecule is CCc1nnc(CN(CC)C(=O)Nc2cc(OC)cc(-n3cnnn3)c2)o1.